The summed E-state index contributed by atoms with van der Waals surface area (Å²) in [6, 6.07) is 1.95. The smallest absolute Gasteiger partial charge is 0.410 e. The number of hydrogen-bond donors (Lipinski definition) is 2. The van der Waals surface area contributed by atoms with E-state index >= 15 is 0 Å². The van der Waals surface area contributed by atoms with Gasteiger partial charge in [0.05, 0.1) is 6.54 Å². The van der Waals surface area contributed by atoms with Gasteiger partial charge in [-0.05, 0) is 73.2 Å². The fourth-order valence-corrected chi connectivity index (χ4v) is 5.21. The van der Waals surface area contributed by atoms with Crippen molar-refractivity contribution in [2.24, 2.45) is 17.8 Å². The Balaban J connectivity index is 1.26. The van der Waals surface area contributed by atoms with Crippen LogP contribution in [0.4, 0.5) is 18.0 Å². The molecule has 1 aliphatic heterocycles. The van der Waals surface area contributed by atoms with Gasteiger partial charge in [0, 0.05) is 6.54 Å². The van der Waals surface area contributed by atoms with E-state index in [-0.39, 0.29) is 18.2 Å². The molecular formula is C24H25F3N6O4. The molecule has 3 aromatic rings. The average molecular weight is 518 g/mol. The molecule has 13 heteroatoms. The number of aryl methyl sites for hydroxylation is 1. The fraction of sp³-hybridized carbons (Fsp3) is 0.542. The van der Waals surface area contributed by atoms with Gasteiger partial charge in [-0.3, -0.25) is 4.79 Å². The minimum Gasteiger partial charge on any atom is -0.438 e. The Labute approximate surface area is 208 Å². The lowest BCUT2D eigenvalue weighted by molar-refractivity contribution is -0.149. The summed E-state index contributed by atoms with van der Waals surface area (Å²) in [5.41, 5.74) is 2.10. The number of amides is 3. The predicted molar refractivity (Wildman–Crippen MR) is 121 cm³/mol. The fourth-order valence-electron chi connectivity index (χ4n) is 5.21. The number of aromatic nitrogens is 3. The van der Waals surface area contributed by atoms with Crippen molar-refractivity contribution in [1.82, 2.24) is 30.8 Å². The van der Waals surface area contributed by atoms with E-state index in [0.717, 1.165) is 30.6 Å². The van der Waals surface area contributed by atoms with E-state index in [1.807, 2.05) is 5.32 Å². The quantitative estimate of drug-likeness (QED) is 0.463. The molecule has 3 amide bonds. The van der Waals surface area contributed by atoms with E-state index < -0.39 is 36.7 Å². The van der Waals surface area contributed by atoms with Gasteiger partial charge in [0.25, 0.3) is 5.91 Å². The lowest BCUT2D eigenvalue weighted by Gasteiger charge is -2.25. The van der Waals surface area contributed by atoms with Crippen LogP contribution in [0.15, 0.2) is 27.2 Å². The van der Waals surface area contributed by atoms with Crippen LogP contribution in [-0.2, 0) is 6.54 Å². The standard InChI is InChI=1S/C24H25F3N6O4/c1-11-19(32-37-31-11)21(34)30-20(18(13-3-4-13)14-5-6-14)22-28-15-8-12(2-7-16(15)36-22)9-33-10-17(24(25,26)27)29-23(33)35/h2,7-8,13-14,17-18,20H,3-6,9-10H2,1H3,(H,29,35)(H,30,34). The van der Waals surface area contributed by atoms with Gasteiger partial charge >= 0.3 is 12.2 Å². The maximum atomic E-state index is 13.0. The summed E-state index contributed by atoms with van der Waals surface area (Å²) in [6.07, 6.45) is -0.174. The molecule has 2 saturated carbocycles. The summed E-state index contributed by atoms with van der Waals surface area (Å²) in [5.74, 6) is 1.06. The molecule has 2 aliphatic carbocycles. The van der Waals surface area contributed by atoms with Gasteiger partial charge in [0.2, 0.25) is 5.89 Å². The van der Waals surface area contributed by atoms with Crippen molar-refractivity contribution in [3.05, 3.63) is 41.0 Å². The molecule has 2 aromatic heterocycles. The van der Waals surface area contributed by atoms with E-state index in [9.17, 15) is 22.8 Å². The number of hydrogen-bond acceptors (Lipinski definition) is 7. The highest BCUT2D eigenvalue weighted by molar-refractivity contribution is 5.93. The molecule has 2 atom stereocenters. The largest absolute Gasteiger partial charge is 0.438 e. The van der Waals surface area contributed by atoms with Gasteiger partial charge in [-0.1, -0.05) is 11.2 Å². The number of fused-ring (bicyclic) bond motifs is 1. The number of carbonyl (C=O) groups excluding carboxylic acids is 2. The molecule has 3 aliphatic rings. The van der Waals surface area contributed by atoms with Crippen molar-refractivity contribution in [2.75, 3.05) is 6.54 Å². The summed E-state index contributed by atoms with van der Waals surface area (Å²) in [6.45, 7) is 1.18. The lowest BCUT2D eigenvalue weighted by atomic mass is 9.89. The van der Waals surface area contributed by atoms with Crippen LogP contribution in [-0.4, -0.2) is 50.9 Å². The second kappa shape index (κ2) is 8.73. The summed E-state index contributed by atoms with van der Waals surface area (Å²) in [4.78, 5) is 30.9. The third-order valence-electron chi connectivity index (χ3n) is 7.36. The molecule has 3 heterocycles. The Morgan fingerprint density at radius 1 is 1.22 bits per heavy atom. The van der Waals surface area contributed by atoms with Crippen molar-refractivity contribution in [1.29, 1.82) is 0 Å². The number of carbonyl (C=O) groups is 2. The molecule has 1 aromatic carbocycles. The molecule has 3 fully saturated rings. The topological polar surface area (TPSA) is 126 Å². The molecule has 0 spiro atoms. The maximum absolute atomic E-state index is 13.0. The van der Waals surface area contributed by atoms with E-state index in [4.69, 9.17) is 4.42 Å². The highest BCUT2D eigenvalue weighted by Crippen LogP contribution is 2.54. The first-order valence-electron chi connectivity index (χ1n) is 12.3. The maximum Gasteiger partial charge on any atom is 0.410 e. The number of nitrogens with zero attached hydrogens (tertiary/aromatic N) is 4. The van der Waals surface area contributed by atoms with Crippen LogP contribution in [0.1, 0.15) is 59.4 Å². The minimum absolute atomic E-state index is 0.00190. The highest BCUT2D eigenvalue weighted by atomic mass is 19.4. The Hall–Kier alpha value is -3.64. The number of nitrogens with one attached hydrogen (secondary N) is 2. The van der Waals surface area contributed by atoms with Crippen LogP contribution in [0.5, 0.6) is 0 Å². The van der Waals surface area contributed by atoms with Crippen LogP contribution in [0.2, 0.25) is 0 Å². The molecule has 196 valence electrons. The second-order valence-electron chi connectivity index (χ2n) is 10.2. The van der Waals surface area contributed by atoms with E-state index in [1.54, 1.807) is 25.1 Å². The number of oxazole rings is 1. The van der Waals surface area contributed by atoms with Crippen LogP contribution in [0, 0.1) is 24.7 Å². The Morgan fingerprint density at radius 3 is 2.54 bits per heavy atom. The Kier molecular flexibility index (Phi) is 5.60. The number of benzene rings is 1. The van der Waals surface area contributed by atoms with Crippen LogP contribution in [0.3, 0.4) is 0 Å². The third-order valence-corrected chi connectivity index (χ3v) is 7.36. The lowest BCUT2D eigenvalue weighted by Crippen LogP contribution is -2.40. The first-order valence-corrected chi connectivity index (χ1v) is 12.3. The summed E-state index contributed by atoms with van der Waals surface area (Å²) in [7, 11) is 0. The van der Waals surface area contributed by atoms with Gasteiger partial charge in [0.15, 0.2) is 11.3 Å². The van der Waals surface area contributed by atoms with Crippen LogP contribution in [0.25, 0.3) is 11.1 Å². The molecule has 37 heavy (non-hydrogen) atoms. The monoisotopic (exact) mass is 518 g/mol. The molecule has 10 nitrogen and oxygen atoms in total. The van der Waals surface area contributed by atoms with Crippen molar-refractivity contribution >= 4 is 23.0 Å². The van der Waals surface area contributed by atoms with Gasteiger partial charge in [0.1, 0.15) is 23.3 Å². The molecule has 0 radical (unpaired) electrons. The number of alkyl halides is 3. The van der Waals surface area contributed by atoms with E-state index in [2.05, 4.69) is 25.2 Å². The van der Waals surface area contributed by atoms with Gasteiger partial charge in [-0.15, -0.1) is 0 Å². The molecule has 0 bridgehead atoms. The zero-order valence-electron chi connectivity index (χ0n) is 19.9. The third kappa shape index (κ3) is 4.74. The zero-order chi connectivity index (χ0) is 25.9. The first kappa shape index (κ1) is 23.7. The van der Waals surface area contributed by atoms with Crippen molar-refractivity contribution < 1.29 is 31.8 Å². The predicted octanol–water partition coefficient (Wildman–Crippen LogP) is 3.88. The van der Waals surface area contributed by atoms with Crippen LogP contribution >= 0.6 is 0 Å². The first-order chi connectivity index (χ1) is 17.7. The van der Waals surface area contributed by atoms with E-state index in [0.29, 0.717) is 40.1 Å². The summed E-state index contributed by atoms with van der Waals surface area (Å²) in [5, 5.41) is 12.4. The van der Waals surface area contributed by atoms with Gasteiger partial charge < -0.3 is 20.0 Å². The zero-order valence-corrected chi connectivity index (χ0v) is 19.9. The van der Waals surface area contributed by atoms with E-state index in [1.165, 1.54) is 0 Å². The van der Waals surface area contributed by atoms with Gasteiger partial charge in [-0.25, -0.2) is 14.4 Å². The van der Waals surface area contributed by atoms with Crippen molar-refractivity contribution in [3.8, 4) is 0 Å². The highest BCUT2D eigenvalue weighted by Gasteiger charge is 2.49. The summed E-state index contributed by atoms with van der Waals surface area (Å²) >= 11 is 0. The second-order valence-corrected chi connectivity index (χ2v) is 10.2. The molecule has 2 unspecified atom stereocenters. The number of rotatable bonds is 8. The van der Waals surface area contributed by atoms with Crippen molar-refractivity contribution in [3.63, 3.8) is 0 Å². The van der Waals surface area contributed by atoms with Gasteiger partial charge in [-0.2, -0.15) is 13.2 Å². The molecule has 6 rings (SSSR count). The molecule has 1 saturated heterocycles. The average Bonchev–Trinajstić information content (AvgIpc) is 3.74. The Bertz CT molecular complexity index is 1330. The molecule has 2 N–H and O–H groups in total. The Morgan fingerprint density at radius 2 is 1.95 bits per heavy atom. The molecular weight excluding hydrogens is 493 g/mol. The van der Waals surface area contributed by atoms with Crippen LogP contribution < -0.4 is 10.6 Å². The number of halogens is 3. The SMILES string of the molecule is Cc1nonc1C(=O)NC(c1nc2cc(CN3CC(C(F)(F)F)NC3=O)ccc2o1)C(C1CC1)C1CC1. The summed E-state index contributed by atoms with van der Waals surface area (Å²) < 4.78 is 49.8. The minimum atomic E-state index is -4.50. The normalized spacial score (nSPS) is 21.1. The van der Waals surface area contributed by atoms with Crippen molar-refractivity contribution in [2.45, 2.75) is 57.4 Å². The number of urea groups is 1.